The molecule has 8 aromatic carbocycles. The van der Waals surface area contributed by atoms with Gasteiger partial charge < -0.3 is 13.6 Å². The van der Waals surface area contributed by atoms with Gasteiger partial charge in [-0.2, -0.15) is 5.26 Å². The molecular formula is C53H31N5O. The van der Waals surface area contributed by atoms with Crippen LogP contribution in [0.5, 0.6) is 0 Å². The van der Waals surface area contributed by atoms with E-state index in [1.54, 1.807) is 0 Å². The van der Waals surface area contributed by atoms with E-state index in [1.807, 2.05) is 60.7 Å². The van der Waals surface area contributed by atoms with Crippen LogP contribution in [0.2, 0.25) is 0 Å². The lowest BCUT2D eigenvalue weighted by molar-refractivity contribution is 0.677. The fourth-order valence-electron chi connectivity index (χ4n) is 8.89. The lowest BCUT2D eigenvalue weighted by atomic mass is 10.0. The number of furan rings is 1. The summed E-state index contributed by atoms with van der Waals surface area (Å²) >= 11 is 0. The van der Waals surface area contributed by atoms with Crippen LogP contribution in [0.25, 0.3) is 111 Å². The van der Waals surface area contributed by atoms with Crippen LogP contribution in [0.3, 0.4) is 0 Å². The lowest BCUT2D eigenvalue weighted by Crippen LogP contribution is -1.97. The molecule has 0 saturated heterocycles. The highest BCUT2D eigenvalue weighted by Crippen LogP contribution is 2.45. The van der Waals surface area contributed by atoms with Crippen LogP contribution in [-0.4, -0.2) is 19.1 Å². The quantitative estimate of drug-likeness (QED) is 0.175. The van der Waals surface area contributed by atoms with E-state index < -0.39 is 0 Å². The van der Waals surface area contributed by atoms with E-state index in [4.69, 9.17) is 14.4 Å². The minimum absolute atomic E-state index is 0.609. The van der Waals surface area contributed by atoms with E-state index in [0.29, 0.717) is 11.4 Å². The number of para-hydroxylation sites is 3. The van der Waals surface area contributed by atoms with Gasteiger partial charge in [-0.3, -0.25) is 0 Å². The van der Waals surface area contributed by atoms with Crippen molar-refractivity contribution >= 4 is 65.6 Å². The SMILES string of the molecule is N#Cc1ccc(-c2cc(-c3ccc(-n4c5ccccc5c5c6oc7c(ccc8c7c7ccccc7n8-c7ccccc7)c6ccc54)cc3)nc(-c3ccccc3)n2)cc1. The predicted octanol–water partition coefficient (Wildman–Crippen LogP) is 13.4. The molecule has 59 heavy (non-hydrogen) atoms. The zero-order valence-electron chi connectivity index (χ0n) is 31.5. The number of hydrogen-bond acceptors (Lipinski definition) is 4. The lowest BCUT2D eigenvalue weighted by Gasteiger charge is -2.11. The number of nitrogens with zero attached hydrogens (tertiary/aromatic N) is 5. The van der Waals surface area contributed by atoms with Crippen molar-refractivity contribution in [2.45, 2.75) is 0 Å². The molecule has 0 atom stereocenters. The van der Waals surface area contributed by atoms with Crippen molar-refractivity contribution in [1.82, 2.24) is 19.1 Å². The molecule has 0 spiro atoms. The minimum atomic E-state index is 0.609. The molecule has 4 heterocycles. The van der Waals surface area contributed by atoms with Gasteiger partial charge in [-0.25, -0.2) is 9.97 Å². The molecule has 0 bridgehead atoms. The van der Waals surface area contributed by atoms with Crippen LogP contribution in [0, 0.1) is 11.3 Å². The maximum atomic E-state index is 9.39. The van der Waals surface area contributed by atoms with Crippen LogP contribution in [0.15, 0.2) is 192 Å². The Balaban J connectivity index is 1.03. The first kappa shape index (κ1) is 32.9. The van der Waals surface area contributed by atoms with E-state index in [0.717, 1.165) is 99.6 Å². The molecule has 0 aliphatic heterocycles. The monoisotopic (exact) mass is 753 g/mol. The molecule has 6 heteroatoms. The summed E-state index contributed by atoms with van der Waals surface area (Å²) in [4.78, 5) is 10.0. The van der Waals surface area contributed by atoms with Crippen molar-refractivity contribution in [1.29, 1.82) is 5.26 Å². The summed E-state index contributed by atoms with van der Waals surface area (Å²) in [6.07, 6.45) is 0. The predicted molar refractivity (Wildman–Crippen MR) is 239 cm³/mol. The number of aromatic nitrogens is 4. The van der Waals surface area contributed by atoms with Gasteiger partial charge in [0.25, 0.3) is 0 Å². The third-order valence-corrected chi connectivity index (χ3v) is 11.6. The maximum Gasteiger partial charge on any atom is 0.160 e. The maximum absolute atomic E-state index is 9.39. The fourth-order valence-corrected chi connectivity index (χ4v) is 8.89. The van der Waals surface area contributed by atoms with Crippen molar-refractivity contribution in [3.05, 3.63) is 194 Å². The summed E-state index contributed by atoms with van der Waals surface area (Å²) in [5, 5.41) is 16.1. The van der Waals surface area contributed by atoms with Gasteiger partial charge in [0, 0.05) is 49.6 Å². The summed E-state index contributed by atoms with van der Waals surface area (Å²) in [5.41, 5.74) is 13.4. The molecule has 0 unspecified atom stereocenters. The smallest absolute Gasteiger partial charge is 0.160 e. The summed E-state index contributed by atoms with van der Waals surface area (Å²) in [6, 6.07) is 67.0. The van der Waals surface area contributed by atoms with E-state index in [1.165, 1.54) is 5.39 Å². The van der Waals surface area contributed by atoms with Crippen molar-refractivity contribution in [2.24, 2.45) is 0 Å². The number of benzene rings is 8. The van der Waals surface area contributed by atoms with Crippen LogP contribution in [0.1, 0.15) is 5.56 Å². The third-order valence-electron chi connectivity index (χ3n) is 11.6. The molecule has 4 aromatic heterocycles. The first-order chi connectivity index (χ1) is 29.2. The van der Waals surface area contributed by atoms with Gasteiger partial charge in [0.1, 0.15) is 11.2 Å². The Bertz CT molecular complexity index is 3650. The van der Waals surface area contributed by atoms with Crippen LogP contribution in [0.4, 0.5) is 0 Å². The zero-order valence-corrected chi connectivity index (χ0v) is 31.5. The Morgan fingerprint density at radius 2 is 0.881 bits per heavy atom. The number of fused-ring (bicyclic) bond motifs is 11. The van der Waals surface area contributed by atoms with Crippen molar-refractivity contribution in [3.63, 3.8) is 0 Å². The standard InChI is InChI=1S/C53H31N5O/c54-32-33-19-21-34(22-20-33)43-31-44(56-53(55-43)36-11-3-1-4-12-36)35-23-25-38(26-24-35)58-46-18-10-8-16-42(46)50-48(58)30-28-40-39-27-29-47-49(51(39)59-52(40)50)41-15-7-9-17-45(41)57(47)37-13-5-2-6-14-37/h1-31H. The molecule has 0 saturated carbocycles. The molecule has 0 fully saturated rings. The van der Waals surface area contributed by atoms with Crippen molar-refractivity contribution < 1.29 is 4.42 Å². The highest BCUT2D eigenvalue weighted by molar-refractivity contribution is 6.29. The molecule has 0 amide bonds. The average molecular weight is 754 g/mol. The van der Waals surface area contributed by atoms with Gasteiger partial charge in [0.15, 0.2) is 5.82 Å². The molecule has 0 aliphatic carbocycles. The number of rotatable bonds is 5. The highest BCUT2D eigenvalue weighted by Gasteiger charge is 2.22. The molecule has 12 rings (SSSR count). The Hall–Kier alpha value is -8.27. The molecule has 12 aromatic rings. The zero-order chi connectivity index (χ0) is 39.0. The highest BCUT2D eigenvalue weighted by atomic mass is 16.3. The van der Waals surface area contributed by atoms with E-state index in [-0.39, 0.29) is 0 Å². The first-order valence-electron chi connectivity index (χ1n) is 19.6. The van der Waals surface area contributed by atoms with Crippen molar-refractivity contribution in [3.8, 4) is 51.3 Å². The molecule has 0 radical (unpaired) electrons. The Morgan fingerprint density at radius 3 is 1.42 bits per heavy atom. The molecular weight excluding hydrogens is 723 g/mol. The molecule has 6 nitrogen and oxygen atoms in total. The van der Waals surface area contributed by atoms with Crippen LogP contribution in [-0.2, 0) is 0 Å². The van der Waals surface area contributed by atoms with Gasteiger partial charge in [0.2, 0.25) is 0 Å². The Morgan fingerprint density at radius 1 is 0.407 bits per heavy atom. The van der Waals surface area contributed by atoms with E-state index >= 15 is 0 Å². The average Bonchev–Trinajstić information content (AvgIpc) is 3.97. The first-order valence-corrected chi connectivity index (χ1v) is 19.6. The number of hydrogen-bond donors (Lipinski definition) is 0. The van der Waals surface area contributed by atoms with Crippen molar-refractivity contribution in [2.75, 3.05) is 0 Å². The Kier molecular flexibility index (Phi) is 7.19. The van der Waals surface area contributed by atoms with Gasteiger partial charge in [-0.1, -0.05) is 109 Å². The van der Waals surface area contributed by atoms with Crippen LogP contribution >= 0.6 is 0 Å². The van der Waals surface area contributed by atoms with E-state index in [2.05, 4.69) is 143 Å². The second-order valence-corrected chi connectivity index (χ2v) is 14.9. The van der Waals surface area contributed by atoms with Gasteiger partial charge in [-0.05, 0) is 78.9 Å². The van der Waals surface area contributed by atoms with Gasteiger partial charge in [-0.15, -0.1) is 0 Å². The summed E-state index contributed by atoms with van der Waals surface area (Å²) < 4.78 is 11.8. The van der Waals surface area contributed by atoms with E-state index in [9.17, 15) is 5.26 Å². The van der Waals surface area contributed by atoms with Crippen LogP contribution < -0.4 is 0 Å². The van der Waals surface area contributed by atoms with Gasteiger partial charge in [0.05, 0.1) is 55.9 Å². The number of nitriles is 1. The Labute approximate surface area is 338 Å². The molecule has 0 aliphatic rings. The minimum Gasteiger partial charge on any atom is -0.455 e. The second-order valence-electron chi connectivity index (χ2n) is 14.9. The largest absolute Gasteiger partial charge is 0.455 e. The normalized spacial score (nSPS) is 11.7. The third kappa shape index (κ3) is 5.05. The molecule has 0 N–H and O–H groups in total. The summed E-state index contributed by atoms with van der Waals surface area (Å²) in [5.74, 6) is 0.644. The molecule has 274 valence electrons. The summed E-state index contributed by atoms with van der Waals surface area (Å²) in [6.45, 7) is 0. The fraction of sp³-hybridized carbons (Fsp3) is 0. The van der Waals surface area contributed by atoms with Gasteiger partial charge >= 0.3 is 0 Å². The summed E-state index contributed by atoms with van der Waals surface area (Å²) in [7, 11) is 0. The second kappa shape index (κ2) is 12.9. The topological polar surface area (TPSA) is 72.6 Å².